The average molecular weight is 120 g/mol. The number of nitrogens with zero attached hydrogens (tertiary/aromatic N) is 1. The van der Waals surface area contributed by atoms with E-state index in [1.807, 2.05) is 0 Å². The van der Waals surface area contributed by atoms with Gasteiger partial charge in [-0.05, 0) is 4.81 Å². The fourth-order valence-corrected chi connectivity index (χ4v) is 1.01. The molecule has 7 heavy (non-hydrogen) atoms. The lowest BCUT2D eigenvalue weighted by Gasteiger charge is -2.07. The normalized spacial score (nSPS) is 26.0. The maximum Gasteiger partial charge on any atom is 0.197 e. The molecule has 0 aliphatic carbocycles. The Hall–Kier alpha value is -0.0300. The summed E-state index contributed by atoms with van der Waals surface area (Å²) in [4.78, 5) is -0.968. The summed E-state index contributed by atoms with van der Waals surface area (Å²) in [5, 5.41) is 18.8. The molecular weight excluding hydrogens is 114 g/mol. The van der Waals surface area contributed by atoms with Gasteiger partial charge in [0, 0.05) is 5.41 Å². The van der Waals surface area contributed by atoms with Crippen LogP contribution in [0.4, 0.5) is 0 Å². The Labute approximate surface area is 45.4 Å². The zero-order valence-corrected chi connectivity index (χ0v) is 4.43. The summed E-state index contributed by atoms with van der Waals surface area (Å²) in [5.74, 6) is 0.306. The molecule has 2 N–H and O–H groups in total. The van der Waals surface area contributed by atoms with Crippen LogP contribution < -0.4 is 0 Å². The third-order valence-electron chi connectivity index (χ3n) is 0.660. The van der Waals surface area contributed by atoms with Crippen molar-refractivity contribution in [1.29, 1.82) is 0 Å². The van der Waals surface area contributed by atoms with E-state index < -0.39 is 4.81 Å². The Balaban J connectivity index is 2.57. The molecule has 40 valence electrons. The number of hydrogen-bond donors (Lipinski definition) is 2. The Bertz CT molecular complexity index is 101. The van der Waals surface area contributed by atoms with Gasteiger partial charge in [-0.2, -0.15) is 10.4 Å². The summed E-state index contributed by atoms with van der Waals surface area (Å²) in [6, 6.07) is 0. The van der Waals surface area contributed by atoms with Gasteiger partial charge in [-0.25, -0.2) is 0 Å². The minimum atomic E-state index is -0.968. The SMILES string of the molecule is O[N+]1(O)C=CSC1. The number of hydrogen-bond acceptors (Lipinski definition) is 3. The third kappa shape index (κ3) is 1.17. The third-order valence-corrected chi connectivity index (χ3v) is 1.50. The molecule has 1 rings (SSSR count). The highest BCUT2D eigenvalue weighted by Crippen LogP contribution is 2.18. The van der Waals surface area contributed by atoms with Crippen LogP contribution in [0.15, 0.2) is 11.6 Å². The second-order valence-corrected chi connectivity index (χ2v) is 2.23. The van der Waals surface area contributed by atoms with Crippen molar-refractivity contribution in [3.63, 3.8) is 0 Å². The summed E-state index contributed by atoms with van der Waals surface area (Å²) in [6.07, 6.45) is 1.31. The molecule has 0 aromatic carbocycles. The van der Waals surface area contributed by atoms with E-state index in [9.17, 15) is 0 Å². The topological polar surface area (TPSA) is 40.5 Å². The highest BCUT2D eigenvalue weighted by Gasteiger charge is 2.22. The van der Waals surface area contributed by atoms with Crippen molar-refractivity contribution in [2.24, 2.45) is 0 Å². The average Bonchev–Trinajstić information content (AvgIpc) is 1.84. The van der Waals surface area contributed by atoms with Gasteiger partial charge >= 0.3 is 0 Å². The van der Waals surface area contributed by atoms with Crippen molar-refractivity contribution in [2.75, 3.05) is 5.88 Å². The van der Waals surface area contributed by atoms with Gasteiger partial charge < -0.3 is 0 Å². The molecule has 1 aliphatic heterocycles. The van der Waals surface area contributed by atoms with Gasteiger partial charge in [0.15, 0.2) is 12.1 Å². The summed E-state index contributed by atoms with van der Waals surface area (Å²) in [6.45, 7) is 0. The Morgan fingerprint density at radius 1 is 1.57 bits per heavy atom. The molecule has 4 heteroatoms. The fourth-order valence-electron chi connectivity index (χ4n) is 0.336. The monoisotopic (exact) mass is 120 g/mol. The Morgan fingerprint density at radius 3 is 2.43 bits per heavy atom. The van der Waals surface area contributed by atoms with Crippen molar-refractivity contribution in [3.8, 4) is 0 Å². The second-order valence-electron chi connectivity index (χ2n) is 1.37. The lowest BCUT2D eigenvalue weighted by atomic mass is 11.0. The van der Waals surface area contributed by atoms with E-state index in [1.165, 1.54) is 18.0 Å². The number of hydroxylamine groups is 4. The van der Waals surface area contributed by atoms with E-state index in [2.05, 4.69) is 0 Å². The van der Waals surface area contributed by atoms with Gasteiger partial charge in [-0.1, -0.05) is 11.8 Å². The van der Waals surface area contributed by atoms with Gasteiger partial charge in [-0.15, -0.1) is 0 Å². The number of quaternary nitrogens is 1. The molecule has 0 bridgehead atoms. The van der Waals surface area contributed by atoms with Crippen molar-refractivity contribution in [1.82, 2.24) is 0 Å². The van der Waals surface area contributed by atoms with Crippen LogP contribution in [0.2, 0.25) is 0 Å². The van der Waals surface area contributed by atoms with Crippen molar-refractivity contribution in [3.05, 3.63) is 11.6 Å². The predicted octanol–water partition coefficient (Wildman–Crippen LogP) is 0.757. The van der Waals surface area contributed by atoms with E-state index >= 15 is 0 Å². The lowest BCUT2D eigenvalue weighted by Crippen LogP contribution is -2.31. The maximum atomic E-state index is 8.58. The first-order valence-corrected chi connectivity index (χ1v) is 2.88. The summed E-state index contributed by atoms with van der Waals surface area (Å²) >= 11 is 1.37. The summed E-state index contributed by atoms with van der Waals surface area (Å²) in [7, 11) is 0. The summed E-state index contributed by atoms with van der Waals surface area (Å²) in [5.41, 5.74) is 0. The van der Waals surface area contributed by atoms with Gasteiger partial charge in [0.2, 0.25) is 0 Å². The molecule has 0 saturated carbocycles. The van der Waals surface area contributed by atoms with E-state index in [4.69, 9.17) is 10.4 Å². The fraction of sp³-hybridized carbons (Fsp3) is 0.333. The van der Waals surface area contributed by atoms with Crippen molar-refractivity contribution >= 4 is 11.8 Å². The quantitative estimate of drug-likeness (QED) is 0.463. The first-order valence-electron chi connectivity index (χ1n) is 1.83. The zero-order chi connectivity index (χ0) is 5.33. The van der Waals surface area contributed by atoms with Crippen LogP contribution in [0.3, 0.4) is 0 Å². The second kappa shape index (κ2) is 1.48. The molecule has 0 saturated heterocycles. The highest BCUT2D eigenvalue weighted by molar-refractivity contribution is 8.02. The van der Waals surface area contributed by atoms with Crippen LogP contribution in [0.5, 0.6) is 0 Å². The Kier molecular flexibility index (Phi) is 1.08. The molecule has 0 fully saturated rings. The van der Waals surface area contributed by atoms with Crippen LogP contribution in [0.25, 0.3) is 0 Å². The Morgan fingerprint density at radius 2 is 2.29 bits per heavy atom. The van der Waals surface area contributed by atoms with Crippen molar-refractivity contribution in [2.45, 2.75) is 0 Å². The highest BCUT2D eigenvalue weighted by atomic mass is 32.2. The lowest BCUT2D eigenvalue weighted by molar-refractivity contribution is -1.20. The molecule has 0 spiro atoms. The molecule has 1 heterocycles. The van der Waals surface area contributed by atoms with E-state index in [0.717, 1.165) is 0 Å². The summed E-state index contributed by atoms with van der Waals surface area (Å²) < 4.78 is 0. The molecule has 0 atom stereocenters. The van der Waals surface area contributed by atoms with Crippen LogP contribution in [-0.2, 0) is 0 Å². The molecule has 0 amide bonds. The smallest absolute Gasteiger partial charge is 0.176 e. The number of thioether (sulfide) groups is 1. The predicted molar refractivity (Wildman–Crippen MR) is 25.4 cm³/mol. The minimum absolute atomic E-state index is 0.306. The van der Waals surface area contributed by atoms with Crippen LogP contribution in [0.1, 0.15) is 0 Å². The van der Waals surface area contributed by atoms with Gasteiger partial charge in [-0.3, -0.25) is 0 Å². The molecule has 0 aromatic heterocycles. The maximum absolute atomic E-state index is 8.58. The molecule has 0 aromatic rings. The largest absolute Gasteiger partial charge is 0.197 e. The van der Waals surface area contributed by atoms with Gasteiger partial charge in [0.05, 0.1) is 0 Å². The van der Waals surface area contributed by atoms with Crippen LogP contribution in [-0.4, -0.2) is 21.1 Å². The standard InChI is InChI=1S/C3H6NO2S/c5-4(6)1-2-7-3-4/h1-2,5-6H,3H2/q+1. The van der Waals surface area contributed by atoms with Gasteiger partial charge in [0.25, 0.3) is 0 Å². The number of rotatable bonds is 0. The van der Waals surface area contributed by atoms with Gasteiger partial charge in [0.1, 0.15) is 0 Å². The van der Waals surface area contributed by atoms with Crippen molar-refractivity contribution < 1.29 is 15.2 Å². The minimum Gasteiger partial charge on any atom is -0.176 e. The van der Waals surface area contributed by atoms with Crippen LogP contribution >= 0.6 is 11.8 Å². The van der Waals surface area contributed by atoms with E-state index in [0.29, 0.717) is 5.88 Å². The first kappa shape index (κ1) is 5.11. The molecule has 3 nitrogen and oxygen atoms in total. The molecule has 1 aliphatic rings. The zero-order valence-electron chi connectivity index (χ0n) is 3.61. The molecule has 0 radical (unpaired) electrons. The first-order chi connectivity index (χ1) is 3.21. The molecular formula is C3H6NO2S+. The van der Waals surface area contributed by atoms with E-state index in [-0.39, 0.29) is 0 Å². The molecule has 0 unspecified atom stereocenters. The van der Waals surface area contributed by atoms with E-state index in [1.54, 1.807) is 5.41 Å². The van der Waals surface area contributed by atoms with Crippen LogP contribution in [0, 0.1) is 0 Å².